The van der Waals surface area contributed by atoms with E-state index in [2.05, 4.69) is 158 Å². The van der Waals surface area contributed by atoms with E-state index < -0.39 is 0 Å². The summed E-state index contributed by atoms with van der Waals surface area (Å²) in [5, 5.41) is 5.18. The van der Waals surface area contributed by atoms with Crippen molar-refractivity contribution in [2.45, 2.75) is 0 Å². The third-order valence-corrected chi connectivity index (χ3v) is 10.9. The Kier molecular flexibility index (Phi) is 4.77. The van der Waals surface area contributed by atoms with Gasteiger partial charge in [-0.3, -0.25) is 0 Å². The molecule has 0 nitrogen and oxygen atoms in total. The van der Waals surface area contributed by atoms with Gasteiger partial charge in [0.1, 0.15) is 0 Å². The monoisotopic (exact) mass is 580 g/mol. The summed E-state index contributed by atoms with van der Waals surface area (Å²) in [6.45, 7) is 0. The van der Waals surface area contributed by atoms with Crippen molar-refractivity contribution < 1.29 is 0 Å². The van der Waals surface area contributed by atoms with Crippen LogP contribution in [0.15, 0.2) is 186 Å². The predicted octanol–water partition coefficient (Wildman–Crippen LogP) is 11.2. The molecule has 0 spiro atoms. The summed E-state index contributed by atoms with van der Waals surface area (Å²) < 4.78 is 0. The number of hydrogen-bond acceptors (Lipinski definition) is 0. The normalized spacial score (nSPS) is 21.3. The fourth-order valence-corrected chi connectivity index (χ4v) is 9.08. The summed E-state index contributed by atoms with van der Waals surface area (Å²) in [5.41, 5.74) is 19.2. The van der Waals surface area contributed by atoms with E-state index in [1.807, 2.05) is 0 Å². The molecule has 2 atom stereocenters. The molecule has 0 heterocycles. The van der Waals surface area contributed by atoms with Crippen molar-refractivity contribution in [2.75, 3.05) is 0 Å². The Bertz CT molecular complexity index is 2550. The minimum absolute atomic E-state index is 0.331. The summed E-state index contributed by atoms with van der Waals surface area (Å²) in [7, 11) is 0. The van der Waals surface area contributed by atoms with Gasteiger partial charge in [0.2, 0.25) is 0 Å². The first kappa shape index (κ1) is 24.6. The molecule has 5 aromatic rings. The molecular weight excluding hydrogens is 553 g/mol. The fraction of sp³-hybridized carbons (Fsp3) is 0.0435. The Morgan fingerprint density at radius 3 is 1.91 bits per heavy atom. The van der Waals surface area contributed by atoms with E-state index in [0.29, 0.717) is 11.8 Å². The Hall–Kier alpha value is -5.72. The molecule has 6 aliphatic rings. The van der Waals surface area contributed by atoms with Crippen LogP contribution in [0.25, 0.3) is 43.8 Å². The lowest BCUT2D eigenvalue weighted by Gasteiger charge is -2.42. The average molecular weight is 581 g/mol. The zero-order chi connectivity index (χ0) is 29.9. The molecular formula is C46H28. The topological polar surface area (TPSA) is 0 Å². The van der Waals surface area contributed by atoms with Crippen LogP contribution in [0.3, 0.4) is 0 Å². The highest BCUT2D eigenvalue weighted by Crippen LogP contribution is 2.63. The maximum atomic E-state index is 2.53. The second kappa shape index (κ2) is 8.93. The molecule has 0 aromatic heterocycles. The fourth-order valence-electron chi connectivity index (χ4n) is 9.08. The minimum atomic E-state index is 0.331. The van der Waals surface area contributed by atoms with Crippen molar-refractivity contribution in [1.82, 2.24) is 0 Å². The lowest BCUT2D eigenvalue weighted by atomic mass is 9.61. The van der Waals surface area contributed by atoms with Crippen LogP contribution in [0.4, 0.5) is 0 Å². The molecule has 0 fully saturated rings. The number of fused-ring (bicyclic) bond motifs is 8. The van der Waals surface area contributed by atoms with Gasteiger partial charge < -0.3 is 0 Å². The summed E-state index contributed by atoms with van der Waals surface area (Å²) >= 11 is 0. The van der Waals surface area contributed by atoms with Crippen molar-refractivity contribution in [2.24, 2.45) is 11.8 Å². The number of benzene rings is 5. The van der Waals surface area contributed by atoms with Crippen LogP contribution in [-0.2, 0) is 0 Å². The second-order valence-electron chi connectivity index (χ2n) is 13.2. The van der Waals surface area contributed by atoms with Gasteiger partial charge in [0.05, 0.1) is 0 Å². The number of hydrogen-bond donors (Lipinski definition) is 0. The van der Waals surface area contributed by atoms with E-state index in [1.165, 1.54) is 99.5 Å². The molecule has 0 amide bonds. The minimum Gasteiger partial charge on any atom is -0.0622 e. The van der Waals surface area contributed by atoms with Crippen LogP contribution in [0, 0.1) is 11.8 Å². The van der Waals surface area contributed by atoms with Gasteiger partial charge in [0.25, 0.3) is 0 Å². The Balaban J connectivity index is 1.32. The molecule has 0 aliphatic heterocycles. The number of allylic oxidation sites excluding steroid dienone is 17. The largest absolute Gasteiger partial charge is 0.0622 e. The van der Waals surface area contributed by atoms with Crippen molar-refractivity contribution in [3.05, 3.63) is 213 Å². The first-order chi connectivity index (χ1) is 22.8. The van der Waals surface area contributed by atoms with Gasteiger partial charge in [-0.2, -0.15) is 0 Å². The van der Waals surface area contributed by atoms with Crippen molar-refractivity contribution in [3.8, 4) is 0 Å². The third kappa shape index (κ3) is 3.13. The van der Waals surface area contributed by atoms with Gasteiger partial charge >= 0.3 is 0 Å². The molecule has 6 aliphatic carbocycles. The van der Waals surface area contributed by atoms with Crippen LogP contribution in [-0.4, -0.2) is 0 Å². The summed E-state index contributed by atoms with van der Waals surface area (Å²) in [6.07, 6.45) is 21.1. The van der Waals surface area contributed by atoms with Crippen LogP contribution >= 0.6 is 0 Å². The van der Waals surface area contributed by atoms with Crippen molar-refractivity contribution >= 4 is 43.8 Å². The summed E-state index contributed by atoms with van der Waals surface area (Å²) in [6, 6.07) is 38.5. The van der Waals surface area contributed by atoms with Crippen molar-refractivity contribution in [3.63, 3.8) is 0 Å². The maximum absolute atomic E-state index is 2.53. The van der Waals surface area contributed by atoms with Gasteiger partial charge in [0.15, 0.2) is 0 Å². The van der Waals surface area contributed by atoms with Gasteiger partial charge in [-0.15, -0.1) is 0 Å². The maximum Gasteiger partial charge on any atom is 0.0205 e. The van der Waals surface area contributed by atoms with E-state index >= 15 is 0 Å². The molecule has 0 saturated heterocycles. The van der Waals surface area contributed by atoms with Crippen molar-refractivity contribution in [1.29, 1.82) is 0 Å². The van der Waals surface area contributed by atoms with Gasteiger partial charge in [-0.05, 0) is 112 Å². The average Bonchev–Trinajstić information content (AvgIpc) is 3.62. The third-order valence-electron chi connectivity index (χ3n) is 10.9. The smallest absolute Gasteiger partial charge is 0.0205 e. The molecule has 212 valence electrons. The molecule has 0 radical (unpaired) electrons. The first-order valence-corrected chi connectivity index (χ1v) is 16.3. The van der Waals surface area contributed by atoms with E-state index in [1.54, 1.807) is 0 Å². The molecule has 0 heteroatoms. The lowest BCUT2D eigenvalue weighted by Crippen LogP contribution is -2.30. The highest BCUT2D eigenvalue weighted by Gasteiger charge is 2.44. The molecule has 0 bridgehead atoms. The van der Waals surface area contributed by atoms with Gasteiger partial charge in [-0.1, -0.05) is 146 Å². The Morgan fingerprint density at radius 1 is 0.435 bits per heavy atom. The molecule has 46 heavy (non-hydrogen) atoms. The van der Waals surface area contributed by atoms with E-state index in [0.717, 1.165) is 0 Å². The first-order valence-electron chi connectivity index (χ1n) is 16.3. The van der Waals surface area contributed by atoms with Gasteiger partial charge in [0, 0.05) is 11.8 Å². The lowest BCUT2D eigenvalue weighted by molar-refractivity contribution is 0.559. The van der Waals surface area contributed by atoms with E-state index in [-0.39, 0.29) is 0 Å². The van der Waals surface area contributed by atoms with Crippen LogP contribution < -0.4 is 0 Å². The molecule has 5 aromatic carbocycles. The Morgan fingerprint density at radius 2 is 1.11 bits per heavy atom. The van der Waals surface area contributed by atoms with Crippen LogP contribution in [0.1, 0.15) is 27.8 Å². The molecule has 0 N–H and O–H groups in total. The zero-order valence-electron chi connectivity index (χ0n) is 25.2. The standard InChI is InChI=1S/C46H28/c1-2-11-28(12-3-1)42-38-24-31-13-4-5-14-32(31)25-39(38)45-44(36-23-22-27-10-6-7-18-34(27)43(36)46(42)45)37-26-33-17-8-15-29-20-21-30-16-9-19-35(37)41(30)40(29)33/h1-26,40-41H. The van der Waals surface area contributed by atoms with Crippen LogP contribution in [0.2, 0.25) is 0 Å². The highest BCUT2D eigenvalue weighted by atomic mass is 14.5. The highest BCUT2D eigenvalue weighted by molar-refractivity contribution is 6.38. The zero-order valence-corrected chi connectivity index (χ0v) is 25.2. The summed E-state index contributed by atoms with van der Waals surface area (Å²) in [5.74, 6) is 0.708. The van der Waals surface area contributed by atoms with Gasteiger partial charge in [-0.25, -0.2) is 0 Å². The van der Waals surface area contributed by atoms with E-state index in [4.69, 9.17) is 0 Å². The summed E-state index contributed by atoms with van der Waals surface area (Å²) in [4.78, 5) is 0. The molecule has 11 rings (SSSR count). The molecule has 2 unspecified atom stereocenters. The number of rotatable bonds is 2. The quantitative estimate of drug-likeness (QED) is 0.195. The predicted molar refractivity (Wildman–Crippen MR) is 193 cm³/mol. The molecule has 0 saturated carbocycles. The SMILES string of the molecule is C1=CC2=CC=C3C=CC=C4C(C5=C6C(=C(c7ccccc7)c7cc8ccccc8cc76)c6c5ccc5ccccc65)=CC(=C1)C2C34. The van der Waals surface area contributed by atoms with Crippen LogP contribution in [0.5, 0.6) is 0 Å². The second-order valence-corrected chi connectivity index (χ2v) is 13.2. The van der Waals surface area contributed by atoms with E-state index in [9.17, 15) is 0 Å². The Labute approximate surface area is 268 Å².